The van der Waals surface area contributed by atoms with Gasteiger partial charge in [0.25, 0.3) is 5.56 Å². The van der Waals surface area contributed by atoms with E-state index in [0.717, 1.165) is 0 Å². The molecule has 0 saturated carbocycles. The van der Waals surface area contributed by atoms with Crippen LogP contribution in [0.2, 0.25) is 0 Å². The molecule has 0 N–H and O–H groups in total. The van der Waals surface area contributed by atoms with Gasteiger partial charge < -0.3 is 4.74 Å². The highest BCUT2D eigenvalue weighted by atomic mass is 16.5. The van der Waals surface area contributed by atoms with Crippen LogP contribution in [0.3, 0.4) is 0 Å². The normalized spacial score (nSPS) is 20.9. The maximum Gasteiger partial charge on any atom is 0.308 e. The minimum atomic E-state index is -0.262. The first-order valence-electron chi connectivity index (χ1n) is 4.37. The molecule has 1 fully saturated rings. The first-order valence-corrected chi connectivity index (χ1v) is 4.37. The van der Waals surface area contributed by atoms with Gasteiger partial charge in [0, 0.05) is 11.8 Å². The van der Waals surface area contributed by atoms with Crippen molar-refractivity contribution in [3.63, 3.8) is 0 Å². The molecule has 5 heteroatoms. The first kappa shape index (κ1) is 8.93. The Kier molecular flexibility index (Phi) is 2.07. The van der Waals surface area contributed by atoms with Gasteiger partial charge in [0.05, 0.1) is 18.8 Å². The van der Waals surface area contributed by atoms with Crippen molar-refractivity contribution in [1.29, 1.82) is 0 Å². The van der Waals surface area contributed by atoms with Crippen LogP contribution in [0.5, 0.6) is 0 Å². The Morgan fingerprint density at radius 1 is 1.57 bits per heavy atom. The fourth-order valence-corrected chi connectivity index (χ4v) is 1.45. The Hall–Kier alpha value is -1.65. The molecule has 2 heterocycles. The van der Waals surface area contributed by atoms with Crippen LogP contribution in [0, 0.1) is 6.92 Å². The topological polar surface area (TPSA) is 61.2 Å². The zero-order valence-corrected chi connectivity index (χ0v) is 7.77. The largest absolute Gasteiger partial charge is 0.463 e. The maximum atomic E-state index is 11.5. The second kappa shape index (κ2) is 3.25. The highest BCUT2D eigenvalue weighted by Crippen LogP contribution is 2.17. The Morgan fingerprint density at radius 2 is 2.36 bits per heavy atom. The van der Waals surface area contributed by atoms with Gasteiger partial charge in [-0.25, -0.2) is 4.98 Å². The van der Waals surface area contributed by atoms with Crippen LogP contribution in [-0.4, -0.2) is 22.1 Å². The van der Waals surface area contributed by atoms with Gasteiger partial charge in [-0.2, -0.15) is 0 Å². The number of hydrogen-bond acceptors (Lipinski definition) is 4. The van der Waals surface area contributed by atoms with Crippen LogP contribution >= 0.6 is 0 Å². The van der Waals surface area contributed by atoms with E-state index in [1.165, 1.54) is 17.0 Å². The van der Waals surface area contributed by atoms with Gasteiger partial charge in [0.2, 0.25) is 0 Å². The molecule has 1 aliphatic heterocycles. The van der Waals surface area contributed by atoms with Crippen LogP contribution in [0.4, 0.5) is 0 Å². The molecule has 1 aromatic heterocycles. The van der Waals surface area contributed by atoms with Gasteiger partial charge in [0.15, 0.2) is 0 Å². The summed E-state index contributed by atoms with van der Waals surface area (Å²) in [6.07, 6.45) is 1.72. The summed E-state index contributed by atoms with van der Waals surface area (Å²) in [5, 5.41) is 0. The predicted molar refractivity (Wildman–Crippen MR) is 47.8 cm³/mol. The van der Waals surface area contributed by atoms with E-state index in [2.05, 4.69) is 4.98 Å². The Balaban J connectivity index is 2.33. The molecule has 0 radical (unpaired) electrons. The summed E-state index contributed by atoms with van der Waals surface area (Å²) in [4.78, 5) is 26.3. The zero-order valence-electron chi connectivity index (χ0n) is 7.77. The number of carbonyl (C=O) groups excluding carboxylic acids is 1. The minimum Gasteiger partial charge on any atom is -0.463 e. The van der Waals surface area contributed by atoms with Crippen molar-refractivity contribution in [2.45, 2.75) is 19.4 Å². The molecule has 1 saturated heterocycles. The molecule has 0 spiro atoms. The molecule has 1 atom stereocenters. The molecule has 0 amide bonds. The molecule has 0 aromatic carbocycles. The van der Waals surface area contributed by atoms with Gasteiger partial charge >= 0.3 is 5.97 Å². The van der Waals surface area contributed by atoms with Crippen LogP contribution in [0.25, 0.3) is 0 Å². The lowest BCUT2D eigenvalue weighted by atomic mass is 10.2. The summed E-state index contributed by atoms with van der Waals surface area (Å²) in [7, 11) is 0. The van der Waals surface area contributed by atoms with Gasteiger partial charge in [-0.05, 0) is 6.92 Å². The second-order valence-electron chi connectivity index (χ2n) is 3.32. The Morgan fingerprint density at radius 3 is 2.93 bits per heavy atom. The van der Waals surface area contributed by atoms with E-state index in [9.17, 15) is 9.59 Å². The summed E-state index contributed by atoms with van der Waals surface area (Å²) in [6.45, 7) is 2.02. The Labute approximate surface area is 80.3 Å². The summed E-state index contributed by atoms with van der Waals surface area (Å²) in [5.41, 5.74) is 0.539. The van der Waals surface area contributed by atoms with Crippen LogP contribution in [0.1, 0.15) is 18.2 Å². The molecule has 1 unspecified atom stereocenters. The standard InChI is InChI=1S/C9H10N2O3/c1-6-2-8(12)11(5-10-6)7-3-9(13)14-4-7/h2,5,7H,3-4H2,1H3. The third kappa shape index (κ3) is 1.53. The zero-order chi connectivity index (χ0) is 10.1. The first-order chi connectivity index (χ1) is 6.66. The van der Waals surface area contributed by atoms with Gasteiger partial charge in [-0.3, -0.25) is 14.2 Å². The quantitative estimate of drug-likeness (QED) is 0.592. The molecule has 14 heavy (non-hydrogen) atoms. The maximum absolute atomic E-state index is 11.5. The summed E-state index contributed by atoms with van der Waals surface area (Å²) in [5.74, 6) is -0.262. The van der Waals surface area contributed by atoms with E-state index >= 15 is 0 Å². The highest BCUT2D eigenvalue weighted by molar-refractivity contribution is 5.71. The lowest BCUT2D eigenvalue weighted by Crippen LogP contribution is -2.25. The smallest absolute Gasteiger partial charge is 0.308 e. The summed E-state index contributed by atoms with van der Waals surface area (Å²) >= 11 is 0. The molecular weight excluding hydrogens is 184 g/mol. The van der Waals surface area contributed by atoms with E-state index in [1.54, 1.807) is 6.92 Å². The predicted octanol–water partition coefficient (Wildman–Crippen LogP) is 0.0397. The average Bonchev–Trinajstić information content (AvgIpc) is 2.51. The number of aryl methyl sites for hydroxylation is 1. The van der Waals surface area contributed by atoms with Crippen LogP contribution < -0.4 is 5.56 Å². The Bertz CT molecular complexity index is 424. The summed E-state index contributed by atoms with van der Waals surface area (Å²) < 4.78 is 6.22. The number of cyclic esters (lactones) is 1. The number of ether oxygens (including phenoxy) is 1. The number of carbonyl (C=O) groups is 1. The van der Waals surface area contributed by atoms with Crippen molar-refractivity contribution in [1.82, 2.24) is 9.55 Å². The van der Waals surface area contributed by atoms with Crippen molar-refractivity contribution in [3.05, 3.63) is 28.4 Å². The third-order valence-electron chi connectivity index (χ3n) is 2.21. The van der Waals surface area contributed by atoms with Crippen molar-refractivity contribution in [3.8, 4) is 0 Å². The van der Waals surface area contributed by atoms with Crippen molar-refractivity contribution < 1.29 is 9.53 Å². The van der Waals surface area contributed by atoms with Gasteiger partial charge in [-0.15, -0.1) is 0 Å². The third-order valence-corrected chi connectivity index (χ3v) is 2.21. The molecule has 2 rings (SSSR count). The van der Waals surface area contributed by atoms with Crippen molar-refractivity contribution in [2.75, 3.05) is 6.61 Å². The molecule has 0 bridgehead atoms. The monoisotopic (exact) mass is 194 g/mol. The SMILES string of the molecule is Cc1cc(=O)n(C2COC(=O)C2)cn1. The van der Waals surface area contributed by atoms with E-state index in [1.807, 2.05) is 0 Å². The fraction of sp³-hybridized carbons (Fsp3) is 0.444. The van der Waals surface area contributed by atoms with E-state index in [-0.39, 0.29) is 30.6 Å². The molecule has 74 valence electrons. The fourth-order valence-electron chi connectivity index (χ4n) is 1.45. The molecule has 0 aliphatic carbocycles. The molecule has 1 aromatic rings. The van der Waals surface area contributed by atoms with E-state index in [0.29, 0.717) is 5.69 Å². The number of hydrogen-bond donors (Lipinski definition) is 0. The minimum absolute atomic E-state index is 0.138. The van der Waals surface area contributed by atoms with Gasteiger partial charge in [0.1, 0.15) is 6.61 Å². The lowest BCUT2D eigenvalue weighted by Gasteiger charge is -2.09. The number of aromatic nitrogens is 2. The van der Waals surface area contributed by atoms with Crippen LogP contribution in [-0.2, 0) is 9.53 Å². The summed E-state index contributed by atoms with van der Waals surface area (Å²) in [6, 6.07) is 1.26. The highest BCUT2D eigenvalue weighted by Gasteiger charge is 2.25. The molecule has 1 aliphatic rings. The number of nitrogens with zero attached hydrogens (tertiary/aromatic N) is 2. The van der Waals surface area contributed by atoms with Crippen LogP contribution in [0.15, 0.2) is 17.2 Å². The lowest BCUT2D eigenvalue weighted by molar-refractivity contribution is -0.137. The van der Waals surface area contributed by atoms with Crippen molar-refractivity contribution in [2.24, 2.45) is 0 Å². The van der Waals surface area contributed by atoms with Gasteiger partial charge in [-0.1, -0.05) is 0 Å². The second-order valence-corrected chi connectivity index (χ2v) is 3.32. The number of esters is 1. The molecular formula is C9H10N2O3. The molecule has 5 nitrogen and oxygen atoms in total. The van der Waals surface area contributed by atoms with Crippen molar-refractivity contribution >= 4 is 5.97 Å². The average molecular weight is 194 g/mol. The number of rotatable bonds is 1. The van der Waals surface area contributed by atoms with E-state index in [4.69, 9.17) is 4.74 Å². The van der Waals surface area contributed by atoms with E-state index < -0.39 is 0 Å².